The highest BCUT2D eigenvalue weighted by Crippen LogP contribution is 2.46. The molecule has 0 spiro atoms. The number of aryl methyl sites for hydroxylation is 2. The number of ether oxygens (including phenoxy) is 2. The van der Waals surface area contributed by atoms with Gasteiger partial charge in [0.05, 0.1) is 10.7 Å². The maximum absolute atomic E-state index is 13.3. The summed E-state index contributed by atoms with van der Waals surface area (Å²) < 4.78 is 40.6. The number of nitrogens with one attached hydrogen (secondary N) is 1. The number of benzene rings is 2. The van der Waals surface area contributed by atoms with Gasteiger partial charge in [-0.1, -0.05) is 42.7 Å². The normalized spacial score (nSPS) is 14.0. The van der Waals surface area contributed by atoms with Gasteiger partial charge < -0.3 is 19.3 Å². The lowest BCUT2D eigenvalue weighted by Gasteiger charge is -2.09. The highest BCUT2D eigenvalue weighted by Gasteiger charge is 2.43. The Morgan fingerprint density at radius 3 is 2.40 bits per heavy atom. The predicted octanol–water partition coefficient (Wildman–Crippen LogP) is 5.69. The molecular weight excluding hydrogens is 418 g/mol. The molecule has 0 fully saturated rings. The van der Waals surface area contributed by atoms with Crippen molar-refractivity contribution in [2.45, 2.75) is 33.0 Å². The van der Waals surface area contributed by atoms with Gasteiger partial charge in [-0.25, -0.2) is 0 Å². The smallest absolute Gasteiger partial charge is 0.395 e. The quantitative estimate of drug-likeness (QED) is 0.558. The summed E-state index contributed by atoms with van der Waals surface area (Å²) in [4.78, 5) is 12.7. The molecule has 156 valence electrons. The Balaban J connectivity index is 1.56. The van der Waals surface area contributed by atoms with Crippen molar-refractivity contribution in [2.24, 2.45) is 0 Å². The lowest BCUT2D eigenvalue weighted by atomic mass is 10.0. The number of fused-ring (bicyclic) bond motifs is 1. The van der Waals surface area contributed by atoms with Gasteiger partial charge in [0, 0.05) is 23.7 Å². The lowest BCUT2D eigenvalue weighted by Crippen LogP contribution is -2.25. The van der Waals surface area contributed by atoms with E-state index in [4.69, 9.17) is 16.1 Å². The topological polar surface area (TPSA) is 73.6 Å². The minimum atomic E-state index is -3.71. The number of halogens is 3. The van der Waals surface area contributed by atoms with Crippen molar-refractivity contribution in [3.8, 4) is 22.6 Å². The summed E-state index contributed by atoms with van der Waals surface area (Å²) in [5.41, 5.74) is 2.76. The average Bonchev–Trinajstić information content (AvgIpc) is 3.26. The molecule has 2 heterocycles. The fourth-order valence-corrected chi connectivity index (χ4v) is 3.48. The van der Waals surface area contributed by atoms with E-state index in [-0.39, 0.29) is 22.4 Å². The summed E-state index contributed by atoms with van der Waals surface area (Å²) in [5, 5.41) is 7.00. The average molecular weight is 435 g/mol. The third-order valence-electron chi connectivity index (χ3n) is 4.66. The molecule has 0 unspecified atom stereocenters. The molecule has 30 heavy (non-hydrogen) atoms. The highest BCUT2D eigenvalue weighted by atomic mass is 35.5. The van der Waals surface area contributed by atoms with Gasteiger partial charge in [0.25, 0.3) is 5.91 Å². The largest absolute Gasteiger partial charge is 0.586 e. The molecule has 0 saturated carbocycles. The van der Waals surface area contributed by atoms with E-state index in [9.17, 15) is 13.6 Å². The first-order chi connectivity index (χ1) is 14.3. The Labute approximate surface area is 175 Å². The second-order valence-electron chi connectivity index (χ2n) is 6.61. The van der Waals surface area contributed by atoms with Crippen LogP contribution in [0, 0.1) is 0 Å². The van der Waals surface area contributed by atoms with Gasteiger partial charge in [0.2, 0.25) is 0 Å². The first-order valence-electron chi connectivity index (χ1n) is 9.30. The fourth-order valence-electron chi connectivity index (χ4n) is 3.22. The number of anilines is 1. The first-order valence-corrected chi connectivity index (χ1v) is 9.67. The van der Waals surface area contributed by atoms with Gasteiger partial charge in [-0.05, 0) is 30.2 Å². The summed E-state index contributed by atoms with van der Waals surface area (Å²) in [6.45, 7) is 3.78. The van der Waals surface area contributed by atoms with Crippen LogP contribution < -0.4 is 14.8 Å². The Hall–Kier alpha value is -3.13. The maximum Gasteiger partial charge on any atom is 0.586 e. The second-order valence-corrected chi connectivity index (χ2v) is 7.02. The molecule has 3 aromatic rings. The van der Waals surface area contributed by atoms with E-state index in [0.29, 0.717) is 46.7 Å². The van der Waals surface area contributed by atoms with Crippen LogP contribution in [0.5, 0.6) is 11.5 Å². The van der Waals surface area contributed by atoms with Crippen molar-refractivity contribution in [2.75, 3.05) is 5.32 Å². The van der Waals surface area contributed by atoms with Gasteiger partial charge in [-0.3, -0.25) is 4.79 Å². The Bertz CT molecular complexity index is 1090. The van der Waals surface area contributed by atoms with Crippen molar-refractivity contribution >= 4 is 23.2 Å². The molecule has 1 amide bonds. The number of rotatable bonds is 5. The van der Waals surface area contributed by atoms with Crippen molar-refractivity contribution in [3.63, 3.8) is 0 Å². The Morgan fingerprint density at radius 1 is 1.10 bits per heavy atom. The minimum absolute atomic E-state index is 0.0940. The van der Waals surface area contributed by atoms with Crippen LogP contribution in [-0.2, 0) is 12.8 Å². The van der Waals surface area contributed by atoms with Gasteiger partial charge in [-0.2, -0.15) is 0 Å². The van der Waals surface area contributed by atoms with Gasteiger partial charge >= 0.3 is 6.29 Å². The van der Waals surface area contributed by atoms with E-state index >= 15 is 0 Å². The van der Waals surface area contributed by atoms with Crippen LogP contribution in [0.25, 0.3) is 11.1 Å². The number of carbonyl (C=O) groups excluding carboxylic acids is 1. The molecule has 9 heteroatoms. The zero-order valence-electron chi connectivity index (χ0n) is 16.1. The lowest BCUT2D eigenvalue weighted by molar-refractivity contribution is -0.286. The molecule has 0 atom stereocenters. The van der Waals surface area contributed by atoms with Crippen molar-refractivity contribution < 1.29 is 27.6 Å². The molecule has 2 aromatic carbocycles. The number of nitrogens with zero attached hydrogens (tertiary/aromatic N) is 1. The van der Waals surface area contributed by atoms with Crippen molar-refractivity contribution in [3.05, 3.63) is 58.4 Å². The van der Waals surface area contributed by atoms with E-state index in [1.807, 2.05) is 13.8 Å². The van der Waals surface area contributed by atoms with Crippen LogP contribution in [-0.4, -0.2) is 17.4 Å². The molecule has 6 nitrogen and oxygen atoms in total. The summed E-state index contributed by atoms with van der Waals surface area (Å²) in [6.07, 6.45) is -2.59. The van der Waals surface area contributed by atoms with Crippen LogP contribution in [0.1, 0.15) is 35.7 Å². The summed E-state index contributed by atoms with van der Waals surface area (Å²) in [5.74, 6) is 0.0131. The van der Waals surface area contributed by atoms with Crippen LogP contribution in [0.3, 0.4) is 0 Å². The zero-order valence-corrected chi connectivity index (χ0v) is 16.8. The predicted molar refractivity (Wildman–Crippen MR) is 106 cm³/mol. The second kappa shape index (κ2) is 7.60. The van der Waals surface area contributed by atoms with Crippen LogP contribution in [0.4, 0.5) is 14.5 Å². The van der Waals surface area contributed by atoms with Gasteiger partial charge in [-0.15, -0.1) is 8.78 Å². The zero-order chi connectivity index (χ0) is 21.5. The van der Waals surface area contributed by atoms with E-state index < -0.39 is 6.29 Å². The number of hydrogen-bond acceptors (Lipinski definition) is 5. The van der Waals surface area contributed by atoms with Gasteiger partial charge in [0.15, 0.2) is 11.5 Å². The molecule has 0 radical (unpaired) electrons. The number of carbonyl (C=O) groups is 1. The van der Waals surface area contributed by atoms with Gasteiger partial charge in [0.1, 0.15) is 11.3 Å². The van der Waals surface area contributed by atoms with E-state index in [1.54, 1.807) is 24.3 Å². The molecule has 0 bridgehead atoms. The summed E-state index contributed by atoms with van der Waals surface area (Å²) >= 11 is 6.23. The Morgan fingerprint density at radius 2 is 1.77 bits per heavy atom. The van der Waals surface area contributed by atoms with Crippen molar-refractivity contribution in [1.82, 2.24) is 5.16 Å². The third kappa shape index (κ3) is 3.70. The third-order valence-corrected chi connectivity index (χ3v) is 4.97. The number of alkyl halides is 2. The van der Waals surface area contributed by atoms with Crippen molar-refractivity contribution in [1.29, 1.82) is 0 Å². The molecular formula is C21H17ClF2N2O4. The number of hydrogen-bond donors (Lipinski definition) is 1. The number of amides is 1. The first kappa shape index (κ1) is 20.2. The minimum Gasteiger partial charge on any atom is -0.395 e. The molecule has 1 aromatic heterocycles. The Kier molecular flexibility index (Phi) is 5.11. The summed E-state index contributed by atoms with van der Waals surface area (Å²) in [6, 6.07) is 9.48. The monoisotopic (exact) mass is 434 g/mol. The van der Waals surface area contributed by atoms with E-state index in [1.165, 1.54) is 12.1 Å². The van der Waals surface area contributed by atoms with E-state index in [0.717, 1.165) is 0 Å². The van der Waals surface area contributed by atoms with Crippen LogP contribution in [0.2, 0.25) is 5.02 Å². The molecule has 1 aliphatic rings. The van der Waals surface area contributed by atoms with Crippen LogP contribution in [0.15, 0.2) is 40.9 Å². The van der Waals surface area contributed by atoms with Crippen LogP contribution >= 0.6 is 11.6 Å². The fraction of sp³-hybridized carbons (Fsp3) is 0.238. The summed E-state index contributed by atoms with van der Waals surface area (Å²) in [7, 11) is 0. The SMILES string of the molecule is CCc1noc(CC)c1C(=O)Nc1ccc(-c2cc3c(cc2Cl)OC(F)(F)O3)cc1. The number of aromatic nitrogens is 1. The molecule has 1 aliphatic heterocycles. The highest BCUT2D eigenvalue weighted by molar-refractivity contribution is 6.33. The molecule has 0 aliphatic carbocycles. The maximum atomic E-state index is 13.3. The molecule has 0 saturated heterocycles. The molecule has 4 rings (SSSR count). The molecule has 1 N–H and O–H groups in total. The van der Waals surface area contributed by atoms with E-state index in [2.05, 4.69) is 19.9 Å². The standard InChI is InChI=1S/C21H17ClF2N2O4/c1-3-15-19(16(4-2)30-26-15)20(27)25-12-7-5-11(6-8-12)13-9-17-18(10-14(13)22)29-21(23,24)28-17/h5-10H,3-4H2,1-2H3,(H,25,27).